The lowest BCUT2D eigenvalue weighted by molar-refractivity contribution is 0.0930. The lowest BCUT2D eigenvalue weighted by Crippen LogP contribution is -2.33. The Morgan fingerprint density at radius 2 is 1.83 bits per heavy atom. The second kappa shape index (κ2) is 6.28. The molecule has 1 amide bonds. The van der Waals surface area contributed by atoms with E-state index >= 15 is 0 Å². The molecule has 0 aliphatic carbocycles. The van der Waals surface area contributed by atoms with Crippen LogP contribution in [0.25, 0.3) is 0 Å². The highest BCUT2D eigenvalue weighted by atomic mass is 16.3. The van der Waals surface area contributed by atoms with Gasteiger partial charge in [0.05, 0.1) is 0 Å². The molecule has 18 heavy (non-hydrogen) atoms. The predicted molar refractivity (Wildman–Crippen MR) is 70.8 cm³/mol. The summed E-state index contributed by atoms with van der Waals surface area (Å²) in [6, 6.07) is 4.26. The minimum absolute atomic E-state index is 0.00598. The Morgan fingerprint density at radius 1 is 1.28 bits per heavy atom. The zero-order chi connectivity index (χ0) is 13.7. The first kappa shape index (κ1) is 14.4. The van der Waals surface area contributed by atoms with Crippen molar-refractivity contribution in [3.8, 4) is 11.5 Å². The van der Waals surface area contributed by atoms with Crippen molar-refractivity contribution in [1.29, 1.82) is 0 Å². The van der Waals surface area contributed by atoms with E-state index in [4.69, 9.17) is 0 Å². The van der Waals surface area contributed by atoms with Gasteiger partial charge in [-0.25, -0.2) is 0 Å². The van der Waals surface area contributed by atoms with Crippen molar-refractivity contribution in [2.24, 2.45) is 5.92 Å². The maximum atomic E-state index is 11.9. The summed E-state index contributed by atoms with van der Waals surface area (Å²) in [5.74, 6) is -0.328. The third-order valence-corrected chi connectivity index (χ3v) is 3.08. The summed E-state index contributed by atoms with van der Waals surface area (Å²) in [4.78, 5) is 11.9. The predicted octanol–water partition coefficient (Wildman–Crippen LogP) is 2.65. The molecule has 0 spiro atoms. The molecule has 1 rings (SSSR count). The molecule has 0 fully saturated rings. The summed E-state index contributed by atoms with van der Waals surface area (Å²) in [7, 11) is 0. The smallest absolute Gasteiger partial charge is 0.259 e. The fourth-order valence-electron chi connectivity index (χ4n) is 1.89. The van der Waals surface area contributed by atoms with Crippen LogP contribution < -0.4 is 5.32 Å². The molecule has 0 radical (unpaired) electrons. The van der Waals surface area contributed by atoms with Crippen molar-refractivity contribution in [1.82, 2.24) is 5.32 Å². The number of phenolic OH excluding ortho intramolecular Hbond substituents is 2. The van der Waals surface area contributed by atoms with Crippen LogP contribution in [-0.2, 0) is 0 Å². The Morgan fingerprint density at radius 3 is 2.33 bits per heavy atom. The zero-order valence-corrected chi connectivity index (χ0v) is 11.1. The molecule has 0 heterocycles. The highest BCUT2D eigenvalue weighted by Gasteiger charge is 2.18. The summed E-state index contributed by atoms with van der Waals surface area (Å²) in [6.45, 7) is 6.15. The van der Waals surface area contributed by atoms with E-state index in [0.29, 0.717) is 5.92 Å². The molecule has 2 atom stereocenters. The van der Waals surface area contributed by atoms with Crippen LogP contribution >= 0.6 is 0 Å². The molecular weight excluding hydrogens is 230 g/mol. The molecule has 0 aliphatic rings. The minimum Gasteiger partial charge on any atom is -0.507 e. The summed E-state index contributed by atoms with van der Waals surface area (Å²) in [5, 5.41) is 21.9. The topological polar surface area (TPSA) is 69.6 Å². The number of phenols is 2. The lowest BCUT2D eigenvalue weighted by atomic mass is 10.00. The zero-order valence-electron chi connectivity index (χ0n) is 11.1. The van der Waals surface area contributed by atoms with Crippen LogP contribution in [0.15, 0.2) is 18.2 Å². The first-order valence-corrected chi connectivity index (χ1v) is 6.27. The second-order valence-corrected chi connectivity index (χ2v) is 4.79. The number of carbonyl (C=O) groups is 1. The minimum atomic E-state index is -0.443. The van der Waals surface area contributed by atoms with Crippen LogP contribution in [-0.4, -0.2) is 22.2 Å². The van der Waals surface area contributed by atoms with Crippen LogP contribution in [0.2, 0.25) is 0 Å². The quantitative estimate of drug-likeness (QED) is 0.753. The molecule has 0 bridgehead atoms. The fraction of sp³-hybridized carbons (Fsp3) is 0.500. The maximum Gasteiger partial charge on any atom is 0.259 e. The number of rotatable bonds is 5. The Kier molecular flexibility index (Phi) is 5.01. The third kappa shape index (κ3) is 3.65. The van der Waals surface area contributed by atoms with Gasteiger partial charge in [0, 0.05) is 6.04 Å². The molecule has 1 aromatic carbocycles. The van der Waals surface area contributed by atoms with Crippen LogP contribution in [0.4, 0.5) is 0 Å². The van der Waals surface area contributed by atoms with Gasteiger partial charge in [0.2, 0.25) is 0 Å². The first-order chi connectivity index (χ1) is 8.45. The van der Waals surface area contributed by atoms with Crippen molar-refractivity contribution in [3.05, 3.63) is 23.8 Å². The normalized spacial score (nSPS) is 13.9. The van der Waals surface area contributed by atoms with E-state index in [9.17, 15) is 15.0 Å². The van der Waals surface area contributed by atoms with Gasteiger partial charge in [-0.1, -0.05) is 26.3 Å². The van der Waals surface area contributed by atoms with Gasteiger partial charge in [-0.15, -0.1) is 0 Å². The van der Waals surface area contributed by atoms with Gasteiger partial charge in [0.25, 0.3) is 5.91 Å². The van der Waals surface area contributed by atoms with Gasteiger partial charge in [-0.05, 0) is 31.4 Å². The molecule has 0 saturated heterocycles. The van der Waals surface area contributed by atoms with E-state index in [2.05, 4.69) is 19.2 Å². The molecule has 2 unspecified atom stereocenters. The summed E-state index contributed by atoms with van der Waals surface area (Å²) < 4.78 is 0. The number of aromatic hydroxyl groups is 2. The molecule has 3 N–H and O–H groups in total. The summed E-state index contributed by atoms with van der Waals surface area (Å²) >= 11 is 0. The van der Waals surface area contributed by atoms with Crippen LogP contribution in [0.1, 0.15) is 44.0 Å². The number of benzene rings is 1. The SMILES string of the molecule is CCC(C)CC(C)NC(=O)c1c(O)cccc1O. The molecule has 4 heteroatoms. The van der Waals surface area contributed by atoms with Gasteiger partial charge >= 0.3 is 0 Å². The van der Waals surface area contributed by atoms with Crippen LogP contribution in [0, 0.1) is 5.92 Å². The molecule has 0 saturated carbocycles. The lowest BCUT2D eigenvalue weighted by Gasteiger charge is -2.18. The monoisotopic (exact) mass is 251 g/mol. The summed E-state index contributed by atoms with van der Waals surface area (Å²) in [6.07, 6.45) is 1.93. The Bertz CT molecular complexity index is 397. The van der Waals surface area contributed by atoms with Gasteiger partial charge in [0.1, 0.15) is 17.1 Å². The van der Waals surface area contributed by atoms with Gasteiger partial charge in [0.15, 0.2) is 0 Å². The van der Waals surface area contributed by atoms with Crippen molar-refractivity contribution in [2.75, 3.05) is 0 Å². The van der Waals surface area contributed by atoms with Crippen molar-refractivity contribution >= 4 is 5.91 Å². The van der Waals surface area contributed by atoms with Crippen LogP contribution in [0.3, 0.4) is 0 Å². The van der Waals surface area contributed by atoms with E-state index in [1.807, 2.05) is 6.92 Å². The Labute approximate surface area is 108 Å². The van der Waals surface area contributed by atoms with E-state index < -0.39 is 5.91 Å². The molecular formula is C14H21NO3. The Hall–Kier alpha value is -1.71. The van der Waals surface area contributed by atoms with E-state index in [1.165, 1.54) is 18.2 Å². The van der Waals surface area contributed by atoms with Crippen LogP contribution in [0.5, 0.6) is 11.5 Å². The van der Waals surface area contributed by atoms with E-state index in [0.717, 1.165) is 12.8 Å². The number of amides is 1. The molecule has 100 valence electrons. The standard InChI is InChI=1S/C14H21NO3/c1-4-9(2)8-10(3)15-14(18)13-11(16)6-5-7-12(13)17/h5-7,9-10,16-17H,4,8H2,1-3H3,(H,15,18). The second-order valence-electron chi connectivity index (χ2n) is 4.79. The van der Waals surface area contributed by atoms with Gasteiger partial charge in [-0.3, -0.25) is 4.79 Å². The van der Waals surface area contributed by atoms with E-state index in [1.54, 1.807) is 0 Å². The van der Waals surface area contributed by atoms with E-state index in [-0.39, 0.29) is 23.1 Å². The number of hydrogen-bond donors (Lipinski definition) is 3. The number of carbonyl (C=O) groups excluding carboxylic acids is 1. The number of nitrogens with one attached hydrogen (secondary N) is 1. The van der Waals surface area contributed by atoms with Gasteiger partial charge < -0.3 is 15.5 Å². The number of hydrogen-bond acceptors (Lipinski definition) is 3. The maximum absolute atomic E-state index is 11.9. The third-order valence-electron chi connectivity index (χ3n) is 3.08. The summed E-state index contributed by atoms with van der Waals surface area (Å²) in [5.41, 5.74) is -0.0616. The Balaban J connectivity index is 2.71. The fourth-order valence-corrected chi connectivity index (χ4v) is 1.89. The molecule has 0 aliphatic heterocycles. The molecule has 1 aromatic rings. The van der Waals surface area contributed by atoms with Crippen molar-refractivity contribution < 1.29 is 15.0 Å². The average molecular weight is 251 g/mol. The first-order valence-electron chi connectivity index (χ1n) is 6.27. The van der Waals surface area contributed by atoms with Crippen molar-refractivity contribution in [2.45, 2.75) is 39.7 Å². The van der Waals surface area contributed by atoms with Gasteiger partial charge in [-0.2, -0.15) is 0 Å². The molecule has 0 aromatic heterocycles. The average Bonchev–Trinajstić information content (AvgIpc) is 2.28. The van der Waals surface area contributed by atoms with Crippen molar-refractivity contribution in [3.63, 3.8) is 0 Å². The molecule has 4 nitrogen and oxygen atoms in total. The highest BCUT2D eigenvalue weighted by Crippen LogP contribution is 2.26. The largest absolute Gasteiger partial charge is 0.507 e. The highest BCUT2D eigenvalue weighted by molar-refractivity contribution is 5.99.